The maximum atomic E-state index is 6.27. The first-order valence-corrected chi connectivity index (χ1v) is 15.9. The second-order valence-electron chi connectivity index (χ2n) is 10.5. The predicted molar refractivity (Wildman–Crippen MR) is 154 cm³/mol. The molecule has 0 radical (unpaired) electrons. The van der Waals surface area contributed by atoms with Crippen LogP contribution in [-0.4, -0.2) is 38.7 Å². The van der Waals surface area contributed by atoms with Gasteiger partial charge < -0.3 is 28.4 Å². The van der Waals surface area contributed by atoms with E-state index in [0.29, 0.717) is 0 Å². The number of benzene rings is 3. The quantitative estimate of drug-likeness (QED) is 0.251. The number of hydrogen-bond acceptors (Lipinski definition) is 6. The molecular weight excluding hydrogens is 524 g/mol. The van der Waals surface area contributed by atoms with Gasteiger partial charge in [-0.1, -0.05) is 18.2 Å². The van der Waals surface area contributed by atoms with Crippen molar-refractivity contribution in [3.05, 3.63) is 72.8 Å². The summed E-state index contributed by atoms with van der Waals surface area (Å²) in [6.07, 6.45) is 8.86. The SMILES string of the molecule is c1cc(OC2CCCCO2)cc([S+](c2cccc(OC3CCCCO3)c2)c2cccc(OC3CCCCO3)c2)c1. The lowest BCUT2D eigenvalue weighted by Crippen LogP contribution is -2.25. The van der Waals surface area contributed by atoms with Crippen LogP contribution in [0.3, 0.4) is 0 Å². The molecule has 3 aliphatic rings. The molecule has 7 heteroatoms. The molecule has 3 fully saturated rings. The second-order valence-corrected chi connectivity index (χ2v) is 12.5. The van der Waals surface area contributed by atoms with Crippen molar-refractivity contribution in [3.63, 3.8) is 0 Å². The summed E-state index contributed by atoms with van der Waals surface area (Å²) in [5, 5.41) is 0. The number of rotatable bonds is 9. The van der Waals surface area contributed by atoms with Crippen LogP contribution in [0.1, 0.15) is 57.8 Å². The second kappa shape index (κ2) is 13.8. The summed E-state index contributed by atoms with van der Waals surface area (Å²) in [7, 11) is -0.428. The average Bonchev–Trinajstić information content (AvgIpc) is 3.00. The van der Waals surface area contributed by atoms with Crippen LogP contribution < -0.4 is 14.2 Å². The van der Waals surface area contributed by atoms with E-state index in [1.165, 1.54) is 0 Å². The Kier molecular flexibility index (Phi) is 9.45. The van der Waals surface area contributed by atoms with Gasteiger partial charge in [0.15, 0.2) is 33.6 Å². The lowest BCUT2D eigenvalue weighted by molar-refractivity contribution is -0.106. The summed E-state index contributed by atoms with van der Waals surface area (Å²) < 4.78 is 36.4. The molecule has 3 aromatic rings. The minimum atomic E-state index is -0.428. The highest BCUT2D eigenvalue weighted by Crippen LogP contribution is 2.37. The molecule has 0 bridgehead atoms. The largest absolute Gasteiger partial charge is 0.465 e. The summed E-state index contributed by atoms with van der Waals surface area (Å²) in [5.41, 5.74) is 0. The molecule has 0 aliphatic carbocycles. The molecule has 0 N–H and O–H groups in total. The van der Waals surface area contributed by atoms with Crippen molar-refractivity contribution in [1.29, 1.82) is 0 Å². The molecule has 3 aliphatic heterocycles. The number of ether oxygens (including phenoxy) is 6. The van der Waals surface area contributed by atoms with Gasteiger partial charge in [-0.05, 0) is 74.9 Å². The van der Waals surface area contributed by atoms with Gasteiger partial charge in [0.25, 0.3) is 0 Å². The summed E-state index contributed by atoms with van der Waals surface area (Å²) >= 11 is 0. The van der Waals surface area contributed by atoms with E-state index in [2.05, 4.69) is 54.6 Å². The third kappa shape index (κ3) is 7.32. The van der Waals surface area contributed by atoms with E-state index in [9.17, 15) is 0 Å². The van der Waals surface area contributed by atoms with Crippen molar-refractivity contribution >= 4 is 10.9 Å². The molecule has 3 saturated heterocycles. The van der Waals surface area contributed by atoms with E-state index in [1.54, 1.807) is 0 Å². The smallest absolute Gasteiger partial charge is 0.199 e. The third-order valence-electron chi connectivity index (χ3n) is 7.34. The van der Waals surface area contributed by atoms with Gasteiger partial charge in [-0.3, -0.25) is 0 Å². The van der Waals surface area contributed by atoms with Crippen LogP contribution in [-0.2, 0) is 25.1 Å². The Morgan fingerprint density at radius 1 is 0.475 bits per heavy atom. The molecule has 3 aromatic carbocycles. The van der Waals surface area contributed by atoms with Crippen molar-refractivity contribution < 1.29 is 28.4 Å². The molecule has 6 rings (SSSR count). The maximum absolute atomic E-state index is 6.27. The summed E-state index contributed by atoms with van der Waals surface area (Å²) in [5.74, 6) is 2.48. The molecule has 0 aromatic heterocycles. The highest BCUT2D eigenvalue weighted by atomic mass is 32.2. The molecule has 0 amide bonds. The van der Waals surface area contributed by atoms with Crippen LogP contribution in [0.4, 0.5) is 0 Å². The van der Waals surface area contributed by atoms with Gasteiger partial charge in [0.05, 0.1) is 30.7 Å². The van der Waals surface area contributed by atoms with E-state index in [4.69, 9.17) is 28.4 Å². The van der Waals surface area contributed by atoms with Gasteiger partial charge in [-0.2, -0.15) is 0 Å². The first-order chi connectivity index (χ1) is 19.8. The van der Waals surface area contributed by atoms with Gasteiger partial charge in [0.2, 0.25) is 0 Å². The first kappa shape index (κ1) is 27.5. The van der Waals surface area contributed by atoms with E-state index < -0.39 is 10.9 Å². The molecule has 3 unspecified atom stereocenters. The molecule has 212 valence electrons. The van der Waals surface area contributed by atoms with Crippen LogP contribution in [0.15, 0.2) is 87.5 Å². The predicted octanol–water partition coefficient (Wildman–Crippen LogP) is 7.50. The van der Waals surface area contributed by atoms with Crippen molar-refractivity contribution in [2.24, 2.45) is 0 Å². The highest BCUT2D eigenvalue weighted by Gasteiger charge is 2.31. The van der Waals surface area contributed by atoms with Crippen LogP contribution in [0.25, 0.3) is 0 Å². The zero-order valence-corrected chi connectivity index (χ0v) is 23.8. The van der Waals surface area contributed by atoms with Crippen molar-refractivity contribution in [3.8, 4) is 17.2 Å². The van der Waals surface area contributed by atoms with Crippen molar-refractivity contribution in [1.82, 2.24) is 0 Å². The van der Waals surface area contributed by atoms with Gasteiger partial charge in [0, 0.05) is 37.5 Å². The molecule has 6 nitrogen and oxygen atoms in total. The number of hydrogen-bond donors (Lipinski definition) is 0. The monoisotopic (exact) mass is 563 g/mol. The van der Waals surface area contributed by atoms with Gasteiger partial charge in [-0.25, -0.2) is 0 Å². The lowest BCUT2D eigenvalue weighted by Gasteiger charge is -2.24. The average molecular weight is 564 g/mol. The Morgan fingerprint density at radius 2 is 0.825 bits per heavy atom. The Morgan fingerprint density at radius 3 is 1.12 bits per heavy atom. The maximum Gasteiger partial charge on any atom is 0.199 e. The van der Waals surface area contributed by atoms with Crippen LogP contribution in [0.5, 0.6) is 17.2 Å². The highest BCUT2D eigenvalue weighted by molar-refractivity contribution is 7.97. The zero-order chi connectivity index (χ0) is 27.0. The fourth-order valence-electron chi connectivity index (χ4n) is 5.30. The minimum absolute atomic E-state index is 0.190. The van der Waals surface area contributed by atoms with Gasteiger partial charge in [-0.15, -0.1) is 0 Å². The van der Waals surface area contributed by atoms with E-state index >= 15 is 0 Å². The summed E-state index contributed by atoms with van der Waals surface area (Å²) in [6.45, 7) is 2.26. The van der Waals surface area contributed by atoms with Crippen LogP contribution >= 0.6 is 0 Å². The Labute approximate surface area is 240 Å². The van der Waals surface area contributed by atoms with Gasteiger partial charge in [0.1, 0.15) is 17.2 Å². The third-order valence-corrected chi connectivity index (χ3v) is 9.52. The Hall–Kier alpha value is -2.71. The Bertz CT molecular complexity index is 1070. The van der Waals surface area contributed by atoms with Crippen molar-refractivity contribution in [2.45, 2.75) is 91.3 Å². The summed E-state index contributed by atoms with van der Waals surface area (Å²) in [6, 6.07) is 25.2. The molecule has 40 heavy (non-hydrogen) atoms. The van der Waals surface area contributed by atoms with Crippen molar-refractivity contribution in [2.75, 3.05) is 19.8 Å². The molecular formula is C33H39O6S+. The molecule has 0 saturated carbocycles. The molecule has 0 spiro atoms. The normalized spacial score (nSPS) is 24.1. The van der Waals surface area contributed by atoms with E-state index in [-0.39, 0.29) is 18.9 Å². The minimum Gasteiger partial charge on any atom is -0.465 e. The Balaban J connectivity index is 1.31. The van der Waals surface area contributed by atoms with Crippen LogP contribution in [0.2, 0.25) is 0 Å². The zero-order valence-electron chi connectivity index (χ0n) is 23.0. The fraction of sp³-hybridized carbons (Fsp3) is 0.455. The van der Waals surface area contributed by atoms with E-state index in [0.717, 1.165) is 110 Å². The topological polar surface area (TPSA) is 55.4 Å². The first-order valence-electron chi connectivity index (χ1n) is 14.7. The van der Waals surface area contributed by atoms with E-state index in [1.807, 2.05) is 18.2 Å². The molecule has 3 heterocycles. The molecule has 3 atom stereocenters. The van der Waals surface area contributed by atoms with Gasteiger partial charge >= 0.3 is 0 Å². The van der Waals surface area contributed by atoms with Crippen LogP contribution in [0, 0.1) is 0 Å². The lowest BCUT2D eigenvalue weighted by atomic mass is 10.2. The standard InChI is InChI=1S/C33H39O6S/c1-4-19-34-31(16-1)37-25-10-7-13-28(22-25)40(29-14-8-11-26(23-29)38-32-17-2-5-20-35-32)30-15-9-12-27(24-30)39-33-18-3-6-21-36-33/h7-15,22-24,31-33H,1-6,16-21H2/q+1. The summed E-state index contributed by atoms with van der Waals surface area (Å²) in [4.78, 5) is 3.47. The fourth-order valence-corrected chi connectivity index (χ4v) is 7.46.